The molecule has 6 nitrogen and oxygen atoms in total. The topological polar surface area (TPSA) is 72.7 Å². The maximum absolute atomic E-state index is 12.8. The van der Waals surface area contributed by atoms with Gasteiger partial charge in [0.1, 0.15) is 0 Å². The van der Waals surface area contributed by atoms with Gasteiger partial charge in [-0.2, -0.15) is 0 Å². The van der Waals surface area contributed by atoms with E-state index in [1.54, 1.807) is 6.92 Å². The molecule has 0 bridgehead atoms. The summed E-state index contributed by atoms with van der Waals surface area (Å²) in [5.74, 6) is 0.702. The molecule has 0 aliphatic heterocycles. The Hall–Kier alpha value is -2.87. The first-order valence-corrected chi connectivity index (χ1v) is 11.0. The normalized spacial score (nSPS) is 11.8. The summed E-state index contributed by atoms with van der Waals surface area (Å²) in [6.07, 6.45) is 1.43. The Morgan fingerprint density at radius 2 is 1.71 bits per heavy atom. The summed E-state index contributed by atoms with van der Waals surface area (Å²) in [6.45, 7) is 1.79. The minimum atomic E-state index is -0.483. The zero-order chi connectivity index (χ0) is 21.8. The lowest BCUT2D eigenvalue weighted by Gasteiger charge is -2.14. The van der Waals surface area contributed by atoms with E-state index in [0.717, 1.165) is 11.3 Å². The number of nitrogens with one attached hydrogen (secondary N) is 1. The number of halogens is 2. The Bertz CT molecular complexity index is 1200. The van der Waals surface area contributed by atoms with E-state index in [2.05, 4.69) is 20.5 Å². The monoisotopic (exact) mass is 469 g/mol. The van der Waals surface area contributed by atoms with Crippen molar-refractivity contribution in [3.05, 3.63) is 83.0 Å². The van der Waals surface area contributed by atoms with Crippen molar-refractivity contribution in [3.8, 4) is 17.1 Å². The van der Waals surface area contributed by atoms with Crippen LogP contribution < -0.4 is 5.32 Å². The zero-order valence-electron chi connectivity index (χ0n) is 16.4. The SMILES string of the molecule is CC(Sc1nnc(-c2ccccc2)n1-c1ccccc1)C(=O)Nc1ncc(Cl)cc1Cl. The molecule has 0 aliphatic rings. The molecule has 2 heterocycles. The number of thioether (sulfide) groups is 1. The lowest BCUT2D eigenvalue weighted by atomic mass is 10.2. The van der Waals surface area contributed by atoms with Gasteiger partial charge < -0.3 is 5.32 Å². The van der Waals surface area contributed by atoms with Gasteiger partial charge in [0.15, 0.2) is 16.8 Å². The number of hydrogen-bond donors (Lipinski definition) is 1. The third kappa shape index (κ3) is 4.90. The summed E-state index contributed by atoms with van der Waals surface area (Å²) in [4.78, 5) is 16.8. The molecule has 0 fully saturated rings. The first kappa shape index (κ1) is 21.4. The fourth-order valence-electron chi connectivity index (χ4n) is 2.87. The molecular weight excluding hydrogens is 453 g/mol. The first-order chi connectivity index (χ1) is 15.0. The highest BCUT2D eigenvalue weighted by Gasteiger charge is 2.22. The smallest absolute Gasteiger partial charge is 0.238 e. The van der Waals surface area contributed by atoms with Crippen LogP contribution in [-0.4, -0.2) is 30.9 Å². The van der Waals surface area contributed by atoms with Gasteiger partial charge >= 0.3 is 0 Å². The van der Waals surface area contributed by atoms with Gasteiger partial charge in [0.25, 0.3) is 0 Å². The van der Waals surface area contributed by atoms with Crippen LogP contribution in [0.1, 0.15) is 6.92 Å². The third-order valence-electron chi connectivity index (χ3n) is 4.38. The van der Waals surface area contributed by atoms with Gasteiger partial charge in [-0.15, -0.1) is 10.2 Å². The number of pyridine rings is 1. The Balaban J connectivity index is 1.62. The van der Waals surface area contributed by atoms with Crippen LogP contribution in [0.25, 0.3) is 17.1 Å². The maximum Gasteiger partial charge on any atom is 0.238 e. The van der Waals surface area contributed by atoms with Gasteiger partial charge in [0.2, 0.25) is 5.91 Å². The van der Waals surface area contributed by atoms with Crippen LogP contribution in [0.2, 0.25) is 10.0 Å². The Morgan fingerprint density at radius 3 is 2.39 bits per heavy atom. The van der Waals surface area contributed by atoms with Crippen molar-refractivity contribution in [3.63, 3.8) is 0 Å². The highest BCUT2D eigenvalue weighted by molar-refractivity contribution is 8.00. The molecule has 1 atom stereocenters. The number of rotatable bonds is 6. The number of carbonyl (C=O) groups is 1. The van der Waals surface area contributed by atoms with Gasteiger partial charge in [-0.1, -0.05) is 83.5 Å². The number of aromatic nitrogens is 4. The average molecular weight is 470 g/mol. The van der Waals surface area contributed by atoms with Gasteiger partial charge in [-0.3, -0.25) is 9.36 Å². The quantitative estimate of drug-likeness (QED) is 0.363. The molecule has 1 N–H and O–H groups in total. The van der Waals surface area contributed by atoms with E-state index in [4.69, 9.17) is 23.2 Å². The number of para-hydroxylation sites is 1. The standard InChI is InChI=1S/C22H17Cl2N5OS/c1-14(21(30)26-19-18(24)12-16(23)13-25-19)31-22-28-27-20(15-8-4-2-5-9-15)29(22)17-10-6-3-7-11-17/h2-14H,1H3,(H,25,26,30). The minimum Gasteiger partial charge on any atom is -0.308 e. The fraction of sp³-hybridized carbons (Fsp3) is 0.0909. The third-order valence-corrected chi connectivity index (χ3v) is 5.92. The second-order valence-corrected chi connectivity index (χ2v) is 8.73. The summed E-state index contributed by atoms with van der Waals surface area (Å²) in [5, 5.41) is 12.3. The van der Waals surface area contributed by atoms with Crippen molar-refractivity contribution in [1.29, 1.82) is 0 Å². The second-order valence-electron chi connectivity index (χ2n) is 6.58. The molecule has 2 aromatic carbocycles. The average Bonchev–Trinajstić information content (AvgIpc) is 3.20. The van der Waals surface area contributed by atoms with Gasteiger partial charge in [-0.05, 0) is 25.1 Å². The number of hydrogen-bond acceptors (Lipinski definition) is 5. The van der Waals surface area contributed by atoms with Gasteiger partial charge in [-0.25, -0.2) is 4.98 Å². The minimum absolute atomic E-state index is 0.259. The van der Waals surface area contributed by atoms with E-state index in [0.29, 0.717) is 16.0 Å². The molecule has 0 radical (unpaired) electrons. The van der Waals surface area contributed by atoms with E-state index in [9.17, 15) is 4.79 Å². The largest absolute Gasteiger partial charge is 0.308 e. The van der Waals surface area contributed by atoms with Crippen LogP contribution in [0.15, 0.2) is 78.1 Å². The van der Waals surface area contributed by atoms with Crippen LogP contribution in [0.5, 0.6) is 0 Å². The van der Waals surface area contributed by atoms with Crippen LogP contribution in [-0.2, 0) is 4.79 Å². The molecule has 156 valence electrons. The summed E-state index contributed by atoms with van der Waals surface area (Å²) >= 11 is 13.3. The number of nitrogens with zero attached hydrogens (tertiary/aromatic N) is 4. The molecule has 0 saturated heterocycles. The molecule has 1 unspecified atom stereocenters. The van der Waals surface area contributed by atoms with E-state index in [1.165, 1.54) is 24.0 Å². The Labute approximate surface area is 193 Å². The lowest BCUT2D eigenvalue weighted by Crippen LogP contribution is -2.23. The molecule has 4 rings (SSSR count). The van der Waals surface area contributed by atoms with Crippen molar-refractivity contribution in [1.82, 2.24) is 19.7 Å². The predicted octanol–water partition coefficient (Wildman–Crippen LogP) is 5.76. The van der Waals surface area contributed by atoms with E-state index >= 15 is 0 Å². The van der Waals surface area contributed by atoms with E-state index in [1.807, 2.05) is 65.2 Å². The highest BCUT2D eigenvalue weighted by atomic mass is 35.5. The Kier molecular flexibility index (Phi) is 6.56. The molecule has 31 heavy (non-hydrogen) atoms. The number of anilines is 1. The van der Waals surface area contributed by atoms with Crippen molar-refractivity contribution < 1.29 is 4.79 Å². The zero-order valence-corrected chi connectivity index (χ0v) is 18.7. The highest BCUT2D eigenvalue weighted by Crippen LogP contribution is 2.31. The Morgan fingerprint density at radius 1 is 1.03 bits per heavy atom. The fourth-order valence-corrected chi connectivity index (χ4v) is 4.16. The maximum atomic E-state index is 12.8. The lowest BCUT2D eigenvalue weighted by molar-refractivity contribution is -0.115. The summed E-state index contributed by atoms with van der Waals surface area (Å²) in [5.41, 5.74) is 1.84. The van der Waals surface area contributed by atoms with Crippen LogP contribution in [0.3, 0.4) is 0 Å². The predicted molar refractivity (Wildman–Crippen MR) is 125 cm³/mol. The van der Waals surface area contributed by atoms with Crippen molar-refractivity contribution in [2.75, 3.05) is 5.32 Å². The van der Waals surface area contributed by atoms with Gasteiger partial charge in [0, 0.05) is 17.4 Å². The molecule has 4 aromatic rings. The summed E-state index contributed by atoms with van der Waals surface area (Å²) in [6, 6.07) is 21.1. The van der Waals surface area contributed by atoms with Crippen molar-refractivity contribution in [2.45, 2.75) is 17.3 Å². The molecular formula is C22H17Cl2N5OS. The van der Waals surface area contributed by atoms with Gasteiger partial charge in [0.05, 0.1) is 15.3 Å². The van der Waals surface area contributed by atoms with Crippen molar-refractivity contribution in [2.24, 2.45) is 0 Å². The molecule has 9 heteroatoms. The van der Waals surface area contributed by atoms with Crippen LogP contribution in [0.4, 0.5) is 5.82 Å². The van der Waals surface area contributed by atoms with Crippen LogP contribution >= 0.6 is 35.0 Å². The van der Waals surface area contributed by atoms with Crippen molar-refractivity contribution >= 4 is 46.7 Å². The summed E-state index contributed by atoms with van der Waals surface area (Å²) in [7, 11) is 0. The van der Waals surface area contributed by atoms with Crippen LogP contribution in [0, 0.1) is 0 Å². The first-order valence-electron chi connectivity index (χ1n) is 9.38. The molecule has 0 aliphatic carbocycles. The molecule has 0 saturated carbocycles. The van der Waals surface area contributed by atoms with E-state index in [-0.39, 0.29) is 16.7 Å². The molecule has 0 spiro atoms. The second kappa shape index (κ2) is 9.51. The molecule has 2 aromatic heterocycles. The number of benzene rings is 2. The van der Waals surface area contributed by atoms with E-state index < -0.39 is 5.25 Å². The number of carbonyl (C=O) groups excluding carboxylic acids is 1. The molecule has 1 amide bonds. The summed E-state index contributed by atoms with van der Waals surface area (Å²) < 4.78 is 1.94. The number of amides is 1.